The molecule has 18 heavy (non-hydrogen) atoms. The van der Waals surface area contributed by atoms with E-state index in [1.807, 2.05) is 37.3 Å². The Bertz CT molecular complexity index is 398. The molecular weight excluding hydrogens is 226 g/mol. The molecule has 1 aliphatic carbocycles. The highest BCUT2D eigenvalue weighted by Gasteiger charge is 2.42. The second kappa shape index (κ2) is 5.53. The molecule has 1 atom stereocenters. The Hall–Kier alpha value is -1.35. The third-order valence-corrected chi connectivity index (χ3v) is 3.93. The van der Waals surface area contributed by atoms with Crippen LogP contribution in [0.4, 0.5) is 0 Å². The van der Waals surface area contributed by atoms with E-state index < -0.39 is 0 Å². The van der Waals surface area contributed by atoms with Crippen molar-refractivity contribution in [3.63, 3.8) is 0 Å². The Balaban J connectivity index is 1.85. The summed E-state index contributed by atoms with van der Waals surface area (Å²) in [5.41, 5.74) is 1.22. The summed E-state index contributed by atoms with van der Waals surface area (Å²) in [6.45, 7) is 2.84. The molecule has 1 saturated carbocycles. The lowest BCUT2D eigenvalue weighted by molar-refractivity contribution is -0.122. The first-order valence-corrected chi connectivity index (χ1v) is 6.60. The molecule has 1 aromatic carbocycles. The number of benzene rings is 1. The van der Waals surface area contributed by atoms with E-state index in [2.05, 4.69) is 5.32 Å². The minimum absolute atomic E-state index is 0.0745. The van der Waals surface area contributed by atoms with Crippen molar-refractivity contribution in [2.45, 2.75) is 32.1 Å². The highest BCUT2D eigenvalue weighted by atomic mass is 16.3. The van der Waals surface area contributed by atoms with Crippen LogP contribution in [-0.4, -0.2) is 24.2 Å². The maximum Gasteiger partial charge on any atom is 0.227 e. The van der Waals surface area contributed by atoms with Crippen LogP contribution in [0.15, 0.2) is 30.3 Å². The zero-order valence-electron chi connectivity index (χ0n) is 10.9. The van der Waals surface area contributed by atoms with Gasteiger partial charge in [0.15, 0.2) is 0 Å². The third kappa shape index (κ3) is 3.10. The molecule has 1 unspecified atom stereocenters. The van der Waals surface area contributed by atoms with Crippen LogP contribution in [0, 0.1) is 5.41 Å². The van der Waals surface area contributed by atoms with Crippen LogP contribution in [0.5, 0.6) is 0 Å². The average molecular weight is 247 g/mol. The Morgan fingerprint density at radius 1 is 1.39 bits per heavy atom. The normalized spacial score (nSPS) is 18.1. The SMILES string of the molecule is CC(C(=O)NCC1(CCO)CC1)c1ccccc1. The fraction of sp³-hybridized carbons (Fsp3) is 0.533. The van der Waals surface area contributed by atoms with Crippen molar-refractivity contribution in [1.29, 1.82) is 0 Å². The second-order valence-corrected chi connectivity index (χ2v) is 5.32. The number of amides is 1. The number of carbonyl (C=O) groups excluding carboxylic acids is 1. The van der Waals surface area contributed by atoms with Crippen LogP contribution < -0.4 is 5.32 Å². The topological polar surface area (TPSA) is 49.3 Å². The first-order valence-electron chi connectivity index (χ1n) is 6.60. The lowest BCUT2D eigenvalue weighted by Gasteiger charge is -2.17. The smallest absolute Gasteiger partial charge is 0.227 e. The summed E-state index contributed by atoms with van der Waals surface area (Å²) >= 11 is 0. The van der Waals surface area contributed by atoms with Crippen LogP contribution in [-0.2, 0) is 4.79 Å². The van der Waals surface area contributed by atoms with Gasteiger partial charge in [0.05, 0.1) is 5.92 Å². The Morgan fingerprint density at radius 3 is 2.61 bits per heavy atom. The summed E-state index contributed by atoms with van der Waals surface area (Å²) in [5.74, 6) is -0.0402. The lowest BCUT2D eigenvalue weighted by atomic mass is 9.99. The van der Waals surface area contributed by atoms with E-state index in [4.69, 9.17) is 5.11 Å². The predicted octanol–water partition coefficient (Wildman–Crippen LogP) is 2.07. The molecule has 1 aromatic rings. The number of nitrogens with one attached hydrogen (secondary N) is 1. The van der Waals surface area contributed by atoms with Crippen molar-refractivity contribution in [3.8, 4) is 0 Å². The van der Waals surface area contributed by atoms with Crippen LogP contribution >= 0.6 is 0 Å². The van der Waals surface area contributed by atoms with Crippen LogP contribution in [0.2, 0.25) is 0 Å². The van der Waals surface area contributed by atoms with Crippen molar-refractivity contribution < 1.29 is 9.90 Å². The van der Waals surface area contributed by atoms with Gasteiger partial charge in [-0.3, -0.25) is 4.79 Å². The number of hydrogen-bond donors (Lipinski definition) is 2. The standard InChI is InChI=1S/C15H21NO2/c1-12(13-5-3-2-4-6-13)14(18)16-11-15(7-8-15)9-10-17/h2-6,12,17H,7-11H2,1H3,(H,16,18). The van der Waals surface area contributed by atoms with Crippen molar-refractivity contribution in [2.24, 2.45) is 5.41 Å². The van der Waals surface area contributed by atoms with Gasteiger partial charge in [0.25, 0.3) is 0 Å². The van der Waals surface area contributed by atoms with Gasteiger partial charge in [0, 0.05) is 13.2 Å². The molecule has 3 heteroatoms. The molecule has 0 bridgehead atoms. The molecule has 1 fully saturated rings. The Labute approximate surface area is 108 Å². The minimum Gasteiger partial charge on any atom is -0.396 e. The fourth-order valence-corrected chi connectivity index (χ4v) is 2.25. The number of hydrogen-bond acceptors (Lipinski definition) is 2. The van der Waals surface area contributed by atoms with Crippen molar-refractivity contribution in [3.05, 3.63) is 35.9 Å². The van der Waals surface area contributed by atoms with Gasteiger partial charge >= 0.3 is 0 Å². The first kappa shape index (κ1) is 13.1. The largest absolute Gasteiger partial charge is 0.396 e. The molecule has 0 saturated heterocycles. The summed E-state index contributed by atoms with van der Waals surface area (Å²) in [6, 6.07) is 9.81. The van der Waals surface area contributed by atoms with Gasteiger partial charge in [-0.1, -0.05) is 30.3 Å². The summed E-state index contributed by atoms with van der Waals surface area (Å²) in [5, 5.41) is 12.0. The van der Waals surface area contributed by atoms with Crippen molar-refractivity contribution in [1.82, 2.24) is 5.32 Å². The highest BCUT2D eigenvalue weighted by Crippen LogP contribution is 2.47. The molecule has 0 spiro atoms. The van der Waals surface area contributed by atoms with Crippen LogP contribution in [0.3, 0.4) is 0 Å². The molecule has 0 heterocycles. The molecule has 1 aliphatic rings. The molecule has 2 rings (SSSR count). The van der Waals surface area contributed by atoms with Crippen LogP contribution in [0.1, 0.15) is 37.7 Å². The van der Waals surface area contributed by atoms with E-state index in [-0.39, 0.29) is 23.8 Å². The van der Waals surface area contributed by atoms with Gasteiger partial charge in [-0.15, -0.1) is 0 Å². The molecule has 98 valence electrons. The Morgan fingerprint density at radius 2 is 2.06 bits per heavy atom. The van der Waals surface area contributed by atoms with Gasteiger partial charge in [-0.2, -0.15) is 0 Å². The van der Waals surface area contributed by atoms with E-state index in [0.717, 1.165) is 24.8 Å². The van der Waals surface area contributed by atoms with E-state index in [9.17, 15) is 4.79 Å². The van der Waals surface area contributed by atoms with E-state index >= 15 is 0 Å². The van der Waals surface area contributed by atoms with Gasteiger partial charge < -0.3 is 10.4 Å². The molecule has 0 radical (unpaired) electrons. The maximum atomic E-state index is 12.0. The highest BCUT2D eigenvalue weighted by molar-refractivity contribution is 5.83. The zero-order valence-corrected chi connectivity index (χ0v) is 10.9. The lowest BCUT2D eigenvalue weighted by Crippen LogP contribution is -2.33. The van der Waals surface area contributed by atoms with Crippen molar-refractivity contribution >= 4 is 5.91 Å². The predicted molar refractivity (Wildman–Crippen MR) is 71.2 cm³/mol. The van der Waals surface area contributed by atoms with E-state index in [1.165, 1.54) is 0 Å². The summed E-state index contributed by atoms with van der Waals surface area (Å²) in [4.78, 5) is 12.0. The molecule has 3 nitrogen and oxygen atoms in total. The number of carbonyl (C=O) groups is 1. The Kier molecular flexibility index (Phi) is 4.02. The molecule has 1 amide bonds. The monoisotopic (exact) mass is 247 g/mol. The summed E-state index contributed by atoms with van der Waals surface area (Å²) in [6.07, 6.45) is 3.04. The molecular formula is C15H21NO2. The zero-order chi connectivity index (χ0) is 13.0. The summed E-state index contributed by atoms with van der Waals surface area (Å²) in [7, 11) is 0. The summed E-state index contributed by atoms with van der Waals surface area (Å²) < 4.78 is 0. The van der Waals surface area contributed by atoms with Gasteiger partial charge in [-0.05, 0) is 37.2 Å². The third-order valence-electron chi connectivity index (χ3n) is 3.93. The quantitative estimate of drug-likeness (QED) is 0.808. The average Bonchev–Trinajstić information content (AvgIpc) is 3.17. The fourth-order valence-electron chi connectivity index (χ4n) is 2.25. The molecule has 2 N–H and O–H groups in total. The number of aliphatic hydroxyl groups is 1. The number of aliphatic hydroxyl groups excluding tert-OH is 1. The maximum absolute atomic E-state index is 12.0. The molecule has 0 aliphatic heterocycles. The van der Waals surface area contributed by atoms with E-state index in [0.29, 0.717) is 6.54 Å². The van der Waals surface area contributed by atoms with Crippen molar-refractivity contribution in [2.75, 3.05) is 13.2 Å². The van der Waals surface area contributed by atoms with Gasteiger partial charge in [0.2, 0.25) is 5.91 Å². The minimum atomic E-state index is -0.115. The second-order valence-electron chi connectivity index (χ2n) is 5.32. The van der Waals surface area contributed by atoms with Gasteiger partial charge in [-0.25, -0.2) is 0 Å². The van der Waals surface area contributed by atoms with Crippen LogP contribution in [0.25, 0.3) is 0 Å². The first-order chi connectivity index (χ1) is 8.67. The number of rotatable bonds is 6. The molecule has 0 aromatic heterocycles. The van der Waals surface area contributed by atoms with E-state index in [1.54, 1.807) is 0 Å². The van der Waals surface area contributed by atoms with Gasteiger partial charge in [0.1, 0.15) is 0 Å².